The number of hydrogen-bond acceptors (Lipinski definition) is 4. The van der Waals surface area contributed by atoms with E-state index in [-0.39, 0.29) is 11.5 Å². The zero-order valence-corrected chi connectivity index (χ0v) is 13.6. The normalized spacial score (nSPS) is 11.3. The summed E-state index contributed by atoms with van der Waals surface area (Å²) in [4.78, 5) is 29.9. The van der Waals surface area contributed by atoms with Gasteiger partial charge in [-0.05, 0) is 35.7 Å². The van der Waals surface area contributed by atoms with Gasteiger partial charge >= 0.3 is 13.8 Å². The van der Waals surface area contributed by atoms with Crippen molar-refractivity contribution in [2.24, 2.45) is 0 Å². The molecule has 0 bridgehead atoms. The van der Waals surface area contributed by atoms with Crippen LogP contribution in [-0.4, -0.2) is 15.8 Å². The SMILES string of the molecule is CC(C)c1ccc(C(=O)Oc2ccccc2OP(=O)(O)O)cc1. The minimum absolute atomic E-state index is 0.0613. The first kappa shape index (κ1) is 17.2. The lowest BCUT2D eigenvalue weighted by Gasteiger charge is -2.12. The maximum Gasteiger partial charge on any atom is 0.524 e. The number of hydrogen-bond donors (Lipinski definition) is 2. The van der Waals surface area contributed by atoms with Crippen LogP contribution in [0.5, 0.6) is 11.5 Å². The second kappa shape index (κ2) is 6.96. The van der Waals surface area contributed by atoms with Gasteiger partial charge in [0.25, 0.3) is 0 Å². The molecule has 0 radical (unpaired) electrons. The van der Waals surface area contributed by atoms with Crippen LogP contribution in [0.4, 0.5) is 0 Å². The average Bonchev–Trinajstić information content (AvgIpc) is 2.48. The highest BCUT2D eigenvalue weighted by molar-refractivity contribution is 7.46. The van der Waals surface area contributed by atoms with E-state index in [9.17, 15) is 9.36 Å². The Bertz CT molecular complexity index is 732. The van der Waals surface area contributed by atoms with Crippen LogP contribution in [0.15, 0.2) is 48.5 Å². The van der Waals surface area contributed by atoms with Gasteiger partial charge in [-0.1, -0.05) is 38.1 Å². The van der Waals surface area contributed by atoms with Crippen LogP contribution in [0.3, 0.4) is 0 Å². The molecule has 0 fully saturated rings. The molecule has 0 atom stereocenters. The first-order valence-electron chi connectivity index (χ1n) is 6.92. The molecule has 2 rings (SSSR count). The zero-order valence-electron chi connectivity index (χ0n) is 12.7. The van der Waals surface area contributed by atoms with Crippen molar-refractivity contribution in [1.29, 1.82) is 0 Å². The summed E-state index contributed by atoms with van der Waals surface area (Å²) in [5.41, 5.74) is 1.42. The zero-order chi connectivity index (χ0) is 17.0. The van der Waals surface area contributed by atoms with Crippen molar-refractivity contribution < 1.29 is 28.4 Å². The molecule has 0 heterocycles. The summed E-state index contributed by atoms with van der Waals surface area (Å²) < 4.78 is 20.6. The van der Waals surface area contributed by atoms with Crippen LogP contribution >= 0.6 is 7.82 Å². The van der Waals surface area contributed by atoms with Crippen molar-refractivity contribution >= 4 is 13.8 Å². The lowest BCUT2D eigenvalue weighted by Crippen LogP contribution is -2.09. The lowest BCUT2D eigenvalue weighted by molar-refractivity contribution is 0.0730. The first-order valence-corrected chi connectivity index (χ1v) is 8.45. The Morgan fingerprint density at radius 2 is 1.57 bits per heavy atom. The Morgan fingerprint density at radius 1 is 1.00 bits per heavy atom. The maximum absolute atomic E-state index is 12.1. The molecular weight excluding hydrogens is 319 g/mol. The smallest absolute Gasteiger partial charge is 0.419 e. The van der Waals surface area contributed by atoms with Gasteiger partial charge in [0.1, 0.15) is 0 Å². The third-order valence-corrected chi connectivity index (χ3v) is 3.52. The highest BCUT2D eigenvalue weighted by Crippen LogP contribution is 2.41. The molecule has 2 aromatic carbocycles. The van der Waals surface area contributed by atoms with Crippen molar-refractivity contribution in [2.45, 2.75) is 19.8 Å². The molecule has 0 amide bonds. The van der Waals surface area contributed by atoms with Gasteiger partial charge in [-0.2, -0.15) is 0 Å². The number of benzene rings is 2. The summed E-state index contributed by atoms with van der Waals surface area (Å²) in [6, 6.07) is 12.7. The average molecular weight is 336 g/mol. The number of carbonyl (C=O) groups excluding carboxylic acids is 1. The minimum Gasteiger partial charge on any atom is -0.419 e. The van der Waals surface area contributed by atoms with E-state index in [4.69, 9.17) is 14.5 Å². The van der Waals surface area contributed by atoms with E-state index in [2.05, 4.69) is 4.52 Å². The van der Waals surface area contributed by atoms with Crippen LogP contribution < -0.4 is 9.26 Å². The minimum atomic E-state index is -4.74. The molecular formula is C16H17O6P. The van der Waals surface area contributed by atoms with Crippen LogP contribution in [-0.2, 0) is 4.57 Å². The summed E-state index contributed by atoms with van der Waals surface area (Å²) >= 11 is 0. The predicted molar refractivity (Wildman–Crippen MR) is 84.6 cm³/mol. The number of rotatable bonds is 5. The van der Waals surface area contributed by atoms with Crippen LogP contribution in [0.25, 0.3) is 0 Å². The Morgan fingerprint density at radius 3 is 2.09 bits per heavy atom. The van der Waals surface area contributed by atoms with Gasteiger partial charge in [-0.25, -0.2) is 9.36 Å². The van der Waals surface area contributed by atoms with E-state index in [1.54, 1.807) is 18.2 Å². The van der Waals surface area contributed by atoms with Crippen LogP contribution in [0, 0.1) is 0 Å². The van der Waals surface area contributed by atoms with E-state index in [0.29, 0.717) is 11.5 Å². The third kappa shape index (κ3) is 4.93. The fraction of sp³-hybridized carbons (Fsp3) is 0.188. The molecule has 0 aliphatic rings. The first-order chi connectivity index (χ1) is 10.8. The molecule has 7 heteroatoms. The van der Waals surface area contributed by atoms with Crippen LogP contribution in [0.1, 0.15) is 35.7 Å². The summed E-state index contributed by atoms with van der Waals surface area (Å²) in [7, 11) is -4.74. The Labute approximate surface area is 133 Å². The second-order valence-electron chi connectivity index (χ2n) is 5.19. The molecule has 6 nitrogen and oxygen atoms in total. The van der Waals surface area contributed by atoms with Gasteiger partial charge in [0, 0.05) is 0 Å². The number of esters is 1. The quantitative estimate of drug-likeness (QED) is 0.493. The number of phosphoric ester groups is 1. The van der Waals surface area contributed by atoms with Gasteiger partial charge in [0.2, 0.25) is 0 Å². The van der Waals surface area contributed by atoms with Crippen molar-refractivity contribution in [3.63, 3.8) is 0 Å². The number of para-hydroxylation sites is 2. The van der Waals surface area contributed by atoms with Crippen LogP contribution in [0.2, 0.25) is 0 Å². The van der Waals surface area contributed by atoms with E-state index >= 15 is 0 Å². The highest BCUT2D eigenvalue weighted by Gasteiger charge is 2.20. The predicted octanol–water partition coefficient (Wildman–Crippen LogP) is 3.50. The van der Waals surface area contributed by atoms with E-state index in [1.165, 1.54) is 18.2 Å². The number of phosphoric acid groups is 1. The Hall–Kier alpha value is -2.14. The lowest BCUT2D eigenvalue weighted by atomic mass is 10.0. The monoisotopic (exact) mass is 336 g/mol. The molecule has 0 aliphatic carbocycles. The fourth-order valence-electron chi connectivity index (χ4n) is 1.90. The summed E-state index contributed by atoms with van der Waals surface area (Å²) in [6.07, 6.45) is 0. The highest BCUT2D eigenvalue weighted by atomic mass is 31.2. The fourth-order valence-corrected chi connectivity index (χ4v) is 2.31. The maximum atomic E-state index is 12.1. The molecule has 23 heavy (non-hydrogen) atoms. The topological polar surface area (TPSA) is 93.1 Å². The van der Waals surface area contributed by atoms with Gasteiger partial charge in [-0.15, -0.1) is 0 Å². The van der Waals surface area contributed by atoms with E-state index in [0.717, 1.165) is 5.56 Å². The Kier molecular flexibility index (Phi) is 5.21. The Balaban J connectivity index is 2.18. The molecule has 0 aromatic heterocycles. The largest absolute Gasteiger partial charge is 0.524 e. The molecule has 2 aromatic rings. The van der Waals surface area contributed by atoms with E-state index < -0.39 is 13.8 Å². The molecule has 2 N–H and O–H groups in total. The standard InChI is InChI=1S/C16H17O6P/c1-11(2)12-7-9-13(10-8-12)16(17)21-14-5-3-4-6-15(14)22-23(18,19)20/h3-11H,1-2H3,(H2,18,19,20). The van der Waals surface area contributed by atoms with Crippen molar-refractivity contribution in [2.75, 3.05) is 0 Å². The summed E-state index contributed by atoms with van der Waals surface area (Å²) in [5.74, 6) is -0.554. The second-order valence-corrected chi connectivity index (χ2v) is 6.36. The molecule has 0 saturated heterocycles. The molecule has 122 valence electrons. The summed E-state index contributed by atoms with van der Waals surface area (Å²) in [6.45, 7) is 4.09. The molecule has 0 spiro atoms. The molecule has 0 saturated carbocycles. The molecule has 0 unspecified atom stereocenters. The summed E-state index contributed by atoms with van der Waals surface area (Å²) in [5, 5.41) is 0. The van der Waals surface area contributed by atoms with Crippen molar-refractivity contribution in [3.8, 4) is 11.5 Å². The van der Waals surface area contributed by atoms with Crippen molar-refractivity contribution in [1.82, 2.24) is 0 Å². The van der Waals surface area contributed by atoms with Gasteiger partial charge in [-0.3, -0.25) is 9.79 Å². The molecule has 0 aliphatic heterocycles. The van der Waals surface area contributed by atoms with Gasteiger partial charge in [0.05, 0.1) is 5.56 Å². The number of carbonyl (C=O) groups is 1. The van der Waals surface area contributed by atoms with Crippen molar-refractivity contribution in [3.05, 3.63) is 59.7 Å². The van der Waals surface area contributed by atoms with Gasteiger partial charge in [0.15, 0.2) is 11.5 Å². The number of ether oxygens (including phenoxy) is 1. The third-order valence-electron chi connectivity index (χ3n) is 3.08. The van der Waals surface area contributed by atoms with Gasteiger partial charge < -0.3 is 9.26 Å². The van der Waals surface area contributed by atoms with E-state index in [1.807, 2.05) is 26.0 Å².